The molecule has 0 aliphatic heterocycles. The maximum Gasteiger partial charge on any atom is 0.0683 e. The third-order valence-corrected chi connectivity index (χ3v) is 2.37. The summed E-state index contributed by atoms with van der Waals surface area (Å²) in [6.45, 7) is 0. The molecule has 0 radical (unpaired) electrons. The highest BCUT2D eigenvalue weighted by Crippen LogP contribution is 2.23. The van der Waals surface area contributed by atoms with Crippen LogP contribution in [0.2, 0.25) is 0 Å². The molecule has 12 heavy (non-hydrogen) atoms. The molecule has 0 amide bonds. The summed E-state index contributed by atoms with van der Waals surface area (Å²) < 4.78 is 0. The van der Waals surface area contributed by atoms with Crippen molar-refractivity contribution in [2.45, 2.75) is 18.9 Å². The van der Waals surface area contributed by atoms with E-state index in [2.05, 4.69) is 46.6 Å². The zero-order valence-electron chi connectivity index (χ0n) is 6.66. The van der Waals surface area contributed by atoms with Crippen LogP contribution in [0.5, 0.6) is 0 Å². The van der Waals surface area contributed by atoms with E-state index in [1.54, 1.807) is 0 Å². The molecular formula is C10H9NS. The Kier molecular flexibility index (Phi) is 2.03. The van der Waals surface area contributed by atoms with Crippen LogP contribution in [0.3, 0.4) is 0 Å². The van der Waals surface area contributed by atoms with Gasteiger partial charge in [-0.1, -0.05) is 24.3 Å². The van der Waals surface area contributed by atoms with E-state index in [1.807, 2.05) is 0 Å². The lowest BCUT2D eigenvalue weighted by Gasteiger charge is -1.95. The van der Waals surface area contributed by atoms with Crippen LogP contribution in [-0.2, 0) is 12.8 Å². The van der Waals surface area contributed by atoms with Crippen LogP contribution in [0.25, 0.3) is 0 Å². The zero-order valence-corrected chi connectivity index (χ0v) is 7.47. The Balaban J connectivity index is 2.27. The number of aliphatic imine (C=N–C) groups is 1. The van der Waals surface area contributed by atoms with Gasteiger partial charge in [0.05, 0.1) is 11.2 Å². The Hall–Kier alpha value is -0.980. The predicted molar refractivity (Wildman–Crippen MR) is 52.7 cm³/mol. The molecule has 60 valence electrons. The highest BCUT2D eigenvalue weighted by molar-refractivity contribution is 7.78. The lowest BCUT2D eigenvalue weighted by molar-refractivity contribution is 0.729. The normalized spacial score (nSPS) is 15.3. The first-order chi connectivity index (χ1) is 5.90. The first-order valence-corrected chi connectivity index (χ1v) is 4.45. The Labute approximate surface area is 77.1 Å². The molecule has 0 aromatic heterocycles. The van der Waals surface area contributed by atoms with E-state index in [-0.39, 0.29) is 0 Å². The van der Waals surface area contributed by atoms with Gasteiger partial charge in [-0.25, -0.2) is 4.99 Å². The molecule has 0 atom stereocenters. The molecule has 0 spiro atoms. The summed E-state index contributed by atoms with van der Waals surface area (Å²) in [6.07, 6.45) is 2.06. The highest BCUT2D eigenvalue weighted by atomic mass is 32.1. The van der Waals surface area contributed by atoms with Crippen LogP contribution < -0.4 is 0 Å². The molecule has 1 aliphatic carbocycles. The second-order valence-electron chi connectivity index (χ2n) is 3.05. The fourth-order valence-corrected chi connectivity index (χ4v) is 1.85. The Morgan fingerprint density at radius 2 is 1.83 bits per heavy atom. The fourth-order valence-electron chi connectivity index (χ4n) is 1.70. The van der Waals surface area contributed by atoms with Gasteiger partial charge < -0.3 is 0 Å². The molecule has 1 aliphatic rings. The van der Waals surface area contributed by atoms with Gasteiger partial charge in [-0.15, -0.1) is 0 Å². The van der Waals surface area contributed by atoms with Crippen molar-refractivity contribution in [1.82, 2.24) is 0 Å². The Bertz CT molecular complexity index is 314. The average Bonchev–Trinajstić information content (AvgIpc) is 2.47. The van der Waals surface area contributed by atoms with Crippen molar-refractivity contribution in [3.8, 4) is 0 Å². The minimum atomic E-state index is 0.347. The molecule has 1 aromatic carbocycles. The summed E-state index contributed by atoms with van der Waals surface area (Å²) in [5, 5.41) is 2.45. The van der Waals surface area contributed by atoms with Crippen LogP contribution in [0.4, 0.5) is 0 Å². The average molecular weight is 175 g/mol. The number of isothiocyanates is 1. The third-order valence-electron chi connectivity index (χ3n) is 2.26. The molecular weight excluding hydrogens is 166 g/mol. The SMILES string of the molecule is S=C=NC1Cc2ccccc2C1. The first kappa shape index (κ1) is 7.66. The quantitative estimate of drug-likeness (QED) is 0.471. The third kappa shape index (κ3) is 1.31. The molecule has 0 saturated heterocycles. The smallest absolute Gasteiger partial charge is 0.0683 e. The van der Waals surface area contributed by atoms with E-state index in [1.165, 1.54) is 11.1 Å². The summed E-state index contributed by atoms with van der Waals surface area (Å²) in [6, 6.07) is 8.81. The van der Waals surface area contributed by atoms with Crippen LogP contribution in [0.15, 0.2) is 29.3 Å². The van der Waals surface area contributed by atoms with Crippen molar-refractivity contribution in [2.24, 2.45) is 4.99 Å². The second kappa shape index (κ2) is 3.18. The van der Waals surface area contributed by atoms with Gasteiger partial charge in [0.2, 0.25) is 0 Å². The molecule has 0 unspecified atom stereocenters. The summed E-state index contributed by atoms with van der Waals surface area (Å²) in [5.74, 6) is 0. The van der Waals surface area contributed by atoms with Gasteiger partial charge >= 0.3 is 0 Å². The van der Waals surface area contributed by atoms with Crippen molar-refractivity contribution < 1.29 is 0 Å². The first-order valence-electron chi connectivity index (χ1n) is 4.04. The molecule has 0 bridgehead atoms. The molecule has 0 fully saturated rings. The van der Waals surface area contributed by atoms with E-state index in [0.29, 0.717) is 6.04 Å². The van der Waals surface area contributed by atoms with Crippen LogP contribution >= 0.6 is 12.2 Å². The number of nitrogens with zero attached hydrogens (tertiary/aromatic N) is 1. The standard InChI is InChI=1S/C10H9NS/c12-7-11-10-5-8-3-1-2-4-9(8)6-10/h1-4,10H,5-6H2. The van der Waals surface area contributed by atoms with Crippen molar-refractivity contribution >= 4 is 17.4 Å². The van der Waals surface area contributed by atoms with Gasteiger partial charge in [0.1, 0.15) is 0 Å². The number of thiocarbonyl (C=S) groups is 1. The van der Waals surface area contributed by atoms with E-state index < -0.39 is 0 Å². The van der Waals surface area contributed by atoms with Gasteiger partial charge in [0.15, 0.2) is 0 Å². The van der Waals surface area contributed by atoms with Crippen LogP contribution in [-0.4, -0.2) is 11.2 Å². The number of hydrogen-bond acceptors (Lipinski definition) is 2. The van der Waals surface area contributed by atoms with Crippen LogP contribution in [0.1, 0.15) is 11.1 Å². The minimum absolute atomic E-state index is 0.347. The number of benzene rings is 1. The van der Waals surface area contributed by atoms with E-state index >= 15 is 0 Å². The zero-order chi connectivity index (χ0) is 8.39. The van der Waals surface area contributed by atoms with Crippen molar-refractivity contribution in [3.05, 3.63) is 35.4 Å². The minimum Gasteiger partial charge on any atom is -0.228 e. The molecule has 1 aromatic rings. The van der Waals surface area contributed by atoms with E-state index in [0.717, 1.165) is 12.8 Å². The van der Waals surface area contributed by atoms with E-state index in [9.17, 15) is 0 Å². The van der Waals surface area contributed by atoms with Crippen molar-refractivity contribution in [1.29, 1.82) is 0 Å². The maximum absolute atomic E-state index is 4.58. The largest absolute Gasteiger partial charge is 0.228 e. The summed E-state index contributed by atoms with van der Waals surface area (Å²) >= 11 is 4.58. The maximum atomic E-state index is 4.58. The number of rotatable bonds is 1. The summed E-state index contributed by atoms with van der Waals surface area (Å²) in [7, 11) is 0. The van der Waals surface area contributed by atoms with Gasteiger partial charge in [-0.05, 0) is 36.2 Å². The molecule has 0 heterocycles. The predicted octanol–water partition coefficient (Wildman–Crippen LogP) is 2.26. The Morgan fingerprint density at radius 3 is 2.33 bits per heavy atom. The Morgan fingerprint density at radius 1 is 1.25 bits per heavy atom. The summed E-state index contributed by atoms with van der Waals surface area (Å²) in [5.41, 5.74) is 2.83. The highest BCUT2D eigenvalue weighted by Gasteiger charge is 2.19. The molecule has 2 heteroatoms. The lowest BCUT2D eigenvalue weighted by Crippen LogP contribution is -2.01. The van der Waals surface area contributed by atoms with Gasteiger partial charge in [0, 0.05) is 0 Å². The molecule has 2 rings (SSSR count). The fraction of sp³-hybridized carbons (Fsp3) is 0.300. The number of fused-ring (bicyclic) bond motifs is 1. The van der Waals surface area contributed by atoms with Crippen LogP contribution in [0, 0.1) is 0 Å². The summed E-state index contributed by atoms with van der Waals surface area (Å²) in [4.78, 5) is 4.10. The molecule has 0 saturated carbocycles. The topological polar surface area (TPSA) is 12.4 Å². The van der Waals surface area contributed by atoms with E-state index in [4.69, 9.17) is 0 Å². The van der Waals surface area contributed by atoms with Crippen molar-refractivity contribution in [3.63, 3.8) is 0 Å². The van der Waals surface area contributed by atoms with Gasteiger partial charge in [0.25, 0.3) is 0 Å². The number of hydrogen-bond donors (Lipinski definition) is 0. The molecule has 1 nitrogen and oxygen atoms in total. The van der Waals surface area contributed by atoms with Gasteiger partial charge in [-0.3, -0.25) is 0 Å². The molecule has 0 N–H and O–H groups in total. The monoisotopic (exact) mass is 175 g/mol. The van der Waals surface area contributed by atoms with Gasteiger partial charge in [-0.2, -0.15) is 0 Å². The second-order valence-corrected chi connectivity index (χ2v) is 3.23. The van der Waals surface area contributed by atoms with Crippen molar-refractivity contribution in [2.75, 3.05) is 0 Å². The lowest BCUT2D eigenvalue weighted by atomic mass is 10.1.